The van der Waals surface area contributed by atoms with Gasteiger partial charge in [-0.2, -0.15) is 5.10 Å². The Kier molecular flexibility index (Phi) is 7.16. The van der Waals surface area contributed by atoms with E-state index in [1.54, 1.807) is 55.6 Å². The molecule has 37 heavy (non-hydrogen) atoms. The molecule has 0 radical (unpaired) electrons. The lowest BCUT2D eigenvalue weighted by Gasteiger charge is -2.09. The maximum atomic E-state index is 12.8. The monoisotopic (exact) mass is 496 g/mol. The Morgan fingerprint density at radius 1 is 0.946 bits per heavy atom. The molecule has 1 heterocycles. The van der Waals surface area contributed by atoms with E-state index in [1.165, 1.54) is 11.3 Å². The number of hydrogen-bond donors (Lipinski definition) is 2. The first-order chi connectivity index (χ1) is 18.1. The van der Waals surface area contributed by atoms with Crippen LogP contribution in [0, 0.1) is 0 Å². The van der Waals surface area contributed by atoms with Crippen molar-refractivity contribution in [2.45, 2.75) is 25.8 Å². The summed E-state index contributed by atoms with van der Waals surface area (Å²) in [6, 6.07) is 23.9. The Morgan fingerprint density at radius 2 is 1.76 bits per heavy atom. The number of para-hydroxylation sites is 1. The maximum Gasteiger partial charge on any atom is 0.262 e. The van der Waals surface area contributed by atoms with E-state index in [0.29, 0.717) is 29.3 Å². The fourth-order valence-electron chi connectivity index (χ4n) is 4.45. The van der Waals surface area contributed by atoms with Crippen LogP contribution in [-0.2, 0) is 24.2 Å². The minimum atomic E-state index is -0.294. The van der Waals surface area contributed by atoms with E-state index in [0.717, 1.165) is 30.6 Å². The summed E-state index contributed by atoms with van der Waals surface area (Å²) in [5.74, 6) is 0.666. The van der Waals surface area contributed by atoms with Crippen LogP contribution < -0.4 is 20.1 Å². The quantitative estimate of drug-likeness (QED) is 0.360. The number of aromatic nitrogens is 2. The molecule has 0 saturated carbocycles. The number of benzene rings is 3. The molecule has 2 N–H and O–H groups in total. The number of nitrogens with one attached hydrogen (secondary N) is 2. The number of amides is 2. The molecule has 0 fully saturated rings. The zero-order chi connectivity index (χ0) is 25.6. The summed E-state index contributed by atoms with van der Waals surface area (Å²) in [4.78, 5) is 25.0. The highest BCUT2D eigenvalue weighted by Crippen LogP contribution is 2.28. The SMILES string of the molecule is COc1cccc(NC(=O)COc2ccc(C(=O)NCc3nn(-c4ccccc4)c4c3CCC4)cc2)c1. The lowest BCUT2D eigenvalue weighted by Crippen LogP contribution is -2.23. The smallest absolute Gasteiger partial charge is 0.262 e. The lowest BCUT2D eigenvalue weighted by molar-refractivity contribution is -0.118. The van der Waals surface area contributed by atoms with Gasteiger partial charge in [0.15, 0.2) is 6.61 Å². The van der Waals surface area contributed by atoms with Crippen LogP contribution in [0.15, 0.2) is 78.9 Å². The summed E-state index contributed by atoms with van der Waals surface area (Å²) in [6.45, 7) is 0.210. The summed E-state index contributed by atoms with van der Waals surface area (Å²) in [5, 5.41) is 10.5. The number of ether oxygens (including phenoxy) is 2. The van der Waals surface area contributed by atoms with Gasteiger partial charge in [-0.3, -0.25) is 9.59 Å². The average Bonchev–Trinajstić information content (AvgIpc) is 3.55. The molecule has 0 atom stereocenters. The van der Waals surface area contributed by atoms with Gasteiger partial charge in [0.25, 0.3) is 11.8 Å². The second-order valence-electron chi connectivity index (χ2n) is 8.75. The van der Waals surface area contributed by atoms with Crippen LogP contribution in [0.2, 0.25) is 0 Å². The van der Waals surface area contributed by atoms with Crippen molar-refractivity contribution >= 4 is 17.5 Å². The molecular formula is C29H28N4O4. The number of hydrogen-bond acceptors (Lipinski definition) is 5. The van der Waals surface area contributed by atoms with E-state index in [2.05, 4.69) is 10.6 Å². The highest BCUT2D eigenvalue weighted by atomic mass is 16.5. The topological polar surface area (TPSA) is 94.5 Å². The molecule has 5 rings (SSSR count). The molecule has 0 spiro atoms. The van der Waals surface area contributed by atoms with E-state index in [-0.39, 0.29) is 18.4 Å². The number of nitrogens with zero attached hydrogens (tertiary/aromatic N) is 2. The lowest BCUT2D eigenvalue weighted by atomic mass is 10.2. The summed E-state index contributed by atoms with van der Waals surface area (Å²) in [5.41, 5.74) is 5.54. The molecule has 8 heteroatoms. The van der Waals surface area contributed by atoms with Gasteiger partial charge in [0.05, 0.1) is 25.0 Å². The summed E-state index contributed by atoms with van der Waals surface area (Å²) in [7, 11) is 1.57. The van der Waals surface area contributed by atoms with Gasteiger partial charge >= 0.3 is 0 Å². The standard InChI is InChI=1S/C29H28N4O4/c1-36-24-10-5-7-21(17-24)31-28(34)19-37-23-15-13-20(14-16-23)29(35)30-18-26-25-11-6-12-27(25)33(32-26)22-8-3-2-4-9-22/h2-5,7-10,13-17H,6,11-12,18-19H2,1H3,(H,30,35)(H,31,34). The first-order valence-corrected chi connectivity index (χ1v) is 12.2. The fourth-order valence-corrected chi connectivity index (χ4v) is 4.45. The molecular weight excluding hydrogens is 468 g/mol. The highest BCUT2D eigenvalue weighted by Gasteiger charge is 2.23. The van der Waals surface area contributed by atoms with Crippen molar-refractivity contribution < 1.29 is 19.1 Å². The third-order valence-corrected chi connectivity index (χ3v) is 6.27. The van der Waals surface area contributed by atoms with Crippen LogP contribution in [-0.4, -0.2) is 35.3 Å². The van der Waals surface area contributed by atoms with Crippen molar-refractivity contribution in [1.82, 2.24) is 15.1 Å². The van der Waals surface area contributed by atoms with Crippen LogP contribution in [0.1, 0.15) is 33.7 Å². The van der Waals surface area contributed by atoms with Crippen molar-refractivity contribution in [3.8, 4) is 17.2 Å². The van der Waals surface area contributed by atoms with Crippen LogP contribution in [0.5, 0.6) is 11.5 Å². The Hall–Kier alpha value is -4.59. The van der Waals surface area contributed by atoms with Crippen molar-refractivity contribution in [3.63, 3.8) is 0 Å². The zero-order valence-corrected chi connectivity index (χ0v) is 20.6. The van der Waals surface area contributed by atoms with Crippen molar-refractivity contribution in [2.75, 3.05) is 19.0 Å². The Morgan fingerprint density at radius 3 is 2.54 bits per heavy atom. The van der Waals surface area contributed by atoms with Crippen molar-refractivity contribution in [2.24, 2.45) is 0 Å². The van der Waals surface area contributed by atoms with Crippen molar-refractivity contribution in [1.29, 1.82) is 0 Å². The first kappa shape index (κ1) is 24.1. The molecule has 3 aromatic carbocycles. The summed E-state index contributed by atoms with van der Waals surface area (Å²) in [6.07, 6.45) is 3.06. The summed E-state index contributed by atoms with van der Waals surface area (Å²) < 4.78 is 12.7. The molecule has 188 valence electrons. The van der Waals surface area contributed by atoms with Gasteiger partial charge in [0, 0.05) is 23.0 Å². The number of methoxy groups -OCH3 is 1. The molecule has 0 bridgehead atoms. The van der Waals surface area contributed by atoms with Crippen LogP contribution in [0.4, 0.5) is 5.69 Å². The molecule has 1 aromatic heterocycles. The fraction of sp³-hybridized carbons (Fsp3) is 0.207. The number of carbonyl (C=O) groups excluding carboxylic acids is 2. The van der Waals surface area contributed by atoms with Crippen molar-refractivity contribution in [3.05, 3.63) is 101 Å². The van der Waals surface area contributed by atoms with Gasteiger partial charge in [-0.05, 0) is 73.4 Å². The molecule has 8 nitrogen and oxygen atoms in total. The van der Waals surface area contributed by atoms with Crippen LogP contribution in [0.3, 0.4) is 0 Å². The molecule has 2 amide bonds. The van der Waals surface area contributed by atoms with Crippen LogP contribution in [0.25, 0.3) is 5.69 Å². The Balaban J connectivity index is 1.15. The number of rotatable bonds is 9. The highest BCUT2D eigenvalue weighted by molar-refractivity contribution is 5.94. The predicted octanol–water partition coefficient (Wildman–Crippen LogP) is 4.32. The molecule has 1 aliphatic carbocycles. The number of carbonyl (C=O) groups is 2. The Bertz CT molecular complexity index is 1400. The number of fused-ring (bicyclic) bond motifs is 1. The predicted molar refractivity (Wildman–Crippen MR) is 140 cm³/mol. The van der Waals surface area contributed by atoms with E-state index in [4.69, 9.17) is 14.6 Å². The Labute approximate surface area is 215 Å². The first-order valence-electron chi connectivity index (χ1n) is 12.2. The van der Waals surface area contributed by atoms with Gasteiger partial charge < -0.3 is 20.1 Å². The van der Waals surface area contributed by atoms with E-state index < -0.39 is 0 Å². The third-order valence-electron chi connectivity index (χ3n) is 6.27. The minimum Gasteiger partial charge on any atom is -0.497 e. The van der Waals surface area contributed by atoms with E-state index in [1.807, 2.05) is 35.0 Å². The largest absolute Gasteiger partial charge is 0.497 e. The second-order valence-corrected chi connectivity index (χ2v) is 8.75. The van der Waals surface area contributed by atoms with Gasteiger partial charge in [0.1, 0.15) is 11.5 Å². The van der Waals surface area contributed by atoms with E-state index >= 15 is 0 Å². The van der Waals surface area contributed by atoms with Gasteiger partial charge in [-0.15, -0.1) is 0 Å². The molecule has 0 aliphatic heterocycles. The molecule has 0 unspecified atom stereocenters. The van der Waals surface area contributed by atoms with Gasteiger partial charge in [-0.25, -0.2) is 4.68 Å². The molecule has 4 aromatic rings. The second kappa shape index (κ2) is 11.0. The summed E-state index contributed by atoms with van der Waals surface area (Å²) >= 11 is 0. The average molecular weight is 497 g/mol. The number of anilines is 1. The minimum absolute atomic E-state index is 0.155. The van der Waals surface area contributed by atoms with Crippen LogP contribution >= 0.6 is 0 Å². The van der Waals surface area contributed by atoms with E-state index in [9.17, 15) is 9.59 Å². The van der Waals surface area contributed by atoms with Gasteiger partial charge in [0.2, 0.25) is 0 Å². The molecule has 1 aliphatic rings. The molecule has 0 saturated heterocycles. The zero-order valence-electron chi connectivity index (χ0n) is 20.6. The van der Waals surface area contributed by atoms with Gasteiger partial charge in [-0.1, -0.05) is 24.3 Å². The normalized spacial score (nSPS) is 12.0. The maximum absolute atomic E-state index is 12.8. The third kappa shape index (κ3) is 5.64.